The summed E-state index contributed by atoms with van der Waals surface area (Å²) in [6.07, 6.45) is 8.11. The summed E-state index contributed by atoms with van der Waals surface area (Å²) in [6.45, 7) is 0. The molecule has 1 fully saturated rings. The third kappa shape index (κ3) is 4.93. The van der Waals surface area contributed by atoms with Gasteiger partial charge in [-0.1, -0.05) is 18.2 Å². The molecule has 1 saturated carbocycles. The molecule has 0 radical (unpaired) electrons. The molecule has 164 valence electrons. The van der Waals surface area contributed by atoms with Gasteiger partial charge in [-0.15, -0.1) is 5.10 Å². The van der Waals surface area contributed by atoms with Crippen LogP contribution in [0.1, 0.15) is 24.4 Å². The van der Waals surface area contributed by atoms with Crippen LogP contribution in [-0.4, -0.2) is 31.1 Å². The number of benzene rings is 2. The van der Waals surface area contributed by atoms with Gasteiger partial charge in [0.1, 0.15) is 5.75 Å². The Morgan fingerprint density at radius 3 is 2.85 bits per heavy atom. The number of halogens is 1. The number of amides is 1. The fraction of sp³-hybridized carbons (Fsp3) is 0.125. The first-order valence-corrected chi connectivity index (χ1v) is 10.4. The summed E-state index contributed by atoms with van der Waals surface area (Å²) in [7, 11) is 0. The standard InChI is InChI=1S/C24H19FN6O2/c25-21-13-16(6-10-22(21)33-20-5-2-12-26-15-20)7-11-23(32)27-18-4-1-3-17(14-18)24-28-29-30-31(24)19-8-9-19/h1-7,10-15,19H,8-9H2,(H,27,32)/b11-7+. The number of carbonyl (C=O) groups excluding carboxylic acids is 1. The molecule has 0 unspecified atom stereocenters. The van der Waals surface area contributed by atoms with E-state index in [4.69, 9.17) is 4.74 Å². The van der Waals surface area contributed by atoms with E-state index in [1.807, 2.05) is 22.9 Å². The molecule has 4 aromatic rings. The third-order valence-electron chi connectivity index (χ3n) is 5.02. The van der Waals surface area contributed by atoms with E-state index in [2.05, 4.69) is 25.8 Å². The van der Waals surface area contributed by atoms with Crippen molar-refractivity contribution in [3.8, 4) is 22.9 Å². The minimum Gasteiger partial charge on any atom is -0.453 e. The number of carbonyl (C=O) groups is 1. The highest BCUT2D eigenvalue weighted by Gasteiger charge is 2.28. The first kappa shape index (κ1) is 20.5. The number of anilines is 1. The Morgan fingerprint density at radius 2 is 2.06 bits per heavy atom. The minimum atomic E-state index is -0.539. The van der Waals surface area contributed by atoms with Gasteiger partial charge in [-0.3, -0.25) is 9.78 Å². The van der Waals surface area contributed by atoms with Crippen LogP contribution >= 0.6 is 0 Å². The number of nitrogens with zero attached hydrogens (tertiary/aromatic N) is 5. The van der Waals surface area contributed by atoms with Crippen molar-refractivity contribution in [2.24, 2.45) is 0 Å². The van der Waals surface area contributed by atoms with Gasteiger partial charge in [0.2, 0.25) is 5.91 Å². The summed E-state index contributed by atoms with van der Waals surface area (Å²) in [4.78, 5) is 16.3. The number of pyridine rings is 1. The van der Waals surface area contributed by atoms with Gasteiger partial charge in [-0.2, -0.15) is 0 Å². The van der Waals surface area contributed by atoms with Crippen molar-refractivity contribution in [3.05, 3.63) is 84.4 Å². The Hall–Kier alpha value is -4.40. The zero-order valence-corrected chi connectivity index (χ0v) is 17.4. The molecule has 0 spiro atoms. The molecular weight excluding hydrogens is 423 g/mol. The van der Waals surface area contributed by atoms with Gasteiger partial charge in [0.25, 0.3) is 0 Å². The van der Waals surface area contributed by atoms with Crippen molar-refractivity contribution in [1.29, 1.82) is 0 Å². The Labute approximate surface area is 188 Å². The Balaban J connectivity index is 1.24. The number of hydrogen-bond donors (Lipinski definition) is 1. The van der Waals surface area contributed by atoms with Gasteiger partial charge in [0, 0.05) is 23.5 Å². The molecule has 5 rings (SSSR count). The predicted molar refractivity (Wildman–Crippen MR) is 120 cm³/mol. The normalized spacial score (nSPS) is 13.2. The number of nitrogens with one attached hydrogen (secondary N) is 1. The summed E-state index contributed by atoms with van der Waals surface area (Å²) in [5.74, 6) is 0.308. The van der Waals surface area contributed by atoms with Crippen molar-refractivity contribution < 1.29 is 13.9 Å². The number of hydrogen-bond acceptors (Lipinski definition) is 6. The van der Waals surface area contributed by atoms with Crippen molar-refractivity contribution in [2.75, 3.05) is 5.32 Å². The fourth-order valence-corrected chi connectivity index (χ4v) is 3.28. The van der Waals surface area contributed by atoms with Crippen LogP contribution in [-0.2, 0) is 4.79 Å². The van der Waals surface area contributed by atoms with Crippen LogP contribution in [0.25, 0.3) is 17.5 Å². The van der Waals surface area contributed by atoms with Crippen molar-refractivity contribution in [3.63, 3.8) is 0 Å². The lowest BCUT2D eigenvalue weighted by atomic mass is 10.1. The van der Waals surface area contributed by atoms with Gasteiger partial charge in [0.15, 0.2) is 17.4 Å². The van der Waals surface area contributed by atoms with E-state index in [1.54, 1.807) is 30.5 Å². The number of tetrazole rings is 1. The monoisotopic (exact) mass is 442 g/mol. The fourth-order valence-electron chi connectivity index (χ4n) is 3.28. The SMILES string of the molecule is O=C(/C=C/c1ccc(Oc2cccnc2)c(F)c1)Nc1cccc(-c2nnnn2C2CC2)c1. The van der Waals surface area contributed by atoms with E-state index in [0.717, 1.165) is 18.4 Å². The van der Waals surface area contributed by atoms with Gasteiger partial charge >= 0.3 is 0 Å². The molecule has 8 nitrogen and oxygen atoms in total. The summed E-state index contributed by atoms with van der Waals surface area (Å²) in [5, 5.41) is 14.8. The first-order chi connectivity index (χ1) is 16.2. The lowest BCUT2D eigenvalue weighted by molar-refractivity contribution is -0.111. The molecule has 2 heterocycles. The minimum absolute atomic E-state index is 0.0787. The highest BCUT2D eigenvalue weighted by atomic mass is 19.1. The number of aromatic nitrogens is 5. The zero-order valence-electron chi connectivity index (χ0n) is 17.4. The van der Waals surface area contributed by atoms with E-state index >= 15 is 0 Å². The molecule has 2 aromatic carbocycles. The summed E-state index contributed by atoms with van der Waals surface area (Å²) < 4.78 is 21.7. The van der Waals surface area contributed by atoms with E-state index in [0.29, 0.717) is 28.9 Å². The second kappa shape index (κ2) is 8.99. The largest absolute Gasteiger partial charge is 0.453 e. The maximum atomic E-state index is 14.4. The van der Waals surface area contributed by atoms with Gasteiger partial charge < -0.3 is 10.1 Å². The van der Waals surface area contributed by atoms with E-state index in [-0.39, 0.29) is 11.7 Å². The van der Waals surface area contributed by atoms with Crippen LogP contribution in [0.3, 0.4) is 0 Å². The van der Waals surface area contributed by atoms with Crippen LogP contribution in [0.2, 0.25) is 0 Å². The predicted octanol–water partition coefficient (Wildman–Crippen LogP) is 4.65. The molecule has 0 aliphatic heterocycles. The highest BCUT2D eigenvalue weighted by molar-refractivity contribution is 6.02. The van der Waals surface area contributed by atoms with Crippen LogP contribution in [0.4, 0.5) is 10.1 Å². The molecule has 0 atom stereocenters. The molecule has 0 bridgehead atoms. The maximum Gasteiger partial charge on any atom is 0.248 e. The van der Waals surface area contributed by atoms with Gasteiger partial charge in [-0.25, -0.2) is 9.07 Å². The molecule has 1 amide bonds. The first-order valence-electron chi connectivity index (χ1n) is 10.4. The average Bonchev–Trinajstić information content (AvgIpc) is 3.56. The summed E-state index contributed by atoms with van der Waals surface area (Å²) in [5.41, 5.74) is 1.96. The van der Waals surface area contributed by atoms with Gasteiger partial charge in [0.05, 0.1) is 12.2 Å². The molecule has 1 N–H and O–H groups in total. The lowest BCUT2D eigenvalue weighted by Gasteiger charge is -2.07. The second-order valence-corrected chi connectivity index (χ2v) is 7.56. The van der Waals surface area contributed by atoms with Crippen molar-refractivity contribution in [1.82, 2.24) is 25.2 Å². The quantitative estimate of drug-likeness (QED) is 0.419. The van der Waals surface area contributed by atoms with Crippen LogP contribution < -0.4 is 10.1 Å². The number of rotatable bonds is 7. The Morgan fingerprint density at radius 1 is 1.15 bits per heavy atom. The van der Waals surface area contributed by atoms with E-state index in [1.165, 1.54) is 30.5 Å². The van der Waals surface area contributed by atoms with Crippen molar-refractivity contribution in [2.45, 2.75) is 18.9 Å². The van der Waals surface area contributed by atoms with E-state index < -0.39 is 5.82 Å². The van der Waals surface area contributed by atoms with E-state index in [9.17, 15) is 9.18 Å². The lowest BCUT2D eigenvalue weighted by Crippen LogP contribution is -2.08. The number of ether oxygens (including phenoxy) is 1. The smallest absolute Gasteiger partial charge is 0.248 e. The average molecular weight is 442 g/mol. The summed E-state index contributed by atoms with van der Waals surface area (Å²) in [6, 6.07) is 15.5. The molecule has 1 aliphatic carbocycles. The van der Waals surface area contributed by atoms with Crippen LogP contribution in [0, 0.1) is 5.82 Å². The molecule has 0 saturated heterocycles. The third-order valence-corrected chi connectivity index (χ3v) is 5.02. The van der Waals surface area contributed by atoms with Crippen LogP contribution in [0.15, 0.2) is 73.1 Å². The van der Waals surface area contributed by atoms with Gasteiger partial charge in [-0.05, 0) is 71.3 Å². The Bertz CT molecular complexity index is 1320. The van der Waals surface area contributed by atoms with Crippen LogP contribution in [0.5, 0.6) is 11.5 Å². The second-order valence-electron chi connectivity index (χ2n) is 7.56. The molecule has 9 heteroatoms. The van der Waals surface area contributed by atoms with Crippen molar-refractivity contribution >= 4 is 17.7 Å². The topological polar surface area (TPSA) is 94.8 Å². The molecule has 33 heavy (non-hydrogen) atoms. The highest BCUT2D eigenvalue weighted by Crippen LogP contribution is 2.36. The molecule has 2 aromatic heterocycles. The maximum absolute atomic E-state index is 14.4. The zero-order chi connectivity index (χ0) is 22.6. The Kier molecular flexibility index (Phi) is 5.59. The molecule has 1 aliphatic rings. The summed E-state index contributed by atoms with van der Waals surface area (Å²) >= 11 is 0. The molecular formula is C24H19FN6O2.